The zero-order chi connectivity index (χ0) is 26.7. The van der Waals surface area contributed by atoms with Crippen molar-refractivity contribution in [2.45, 2.75) is 30.7 Å². The van der Waals surface area contributed by atoms with E-state index in [-0.39, 0.29) is 48.8 Å². The topological polar surface area (TPSA) is 111 Å². The molecule has 1 amide bonds. The largest absolute Gasteiger partial charge is 0.480 e. The van der Waals surface area contributed by atoms with Gasteiger partial charge in [0, 0.05) is 43.7 Å². The maximum atomic E-state index is 14.6. The number of hydrogen-bond donors (Lipinski definition) is 2. The number of nitrogen functional groups attached to an aromatic ring is 1. The molecule has 1 aliphatic carbocycles. The Labute approximate surface area is 205 Å². The Morgan fingerprint density at radius 1 is 1.27 bits per heavy atom. The van der Waals surface area contributed by atoms with Gasteiger partial charge in [0.25, 0.3) is 11.8 Å². The Morgan fingerprint density at radius 3 is 2.65 bits per heavy atom. The number of aromatic nitrogens is 4. The van der Waals surface area contributed by atoms with Gasteiger partial charge in [0.15, 0.2) is 5.82 Å². The van der Waals surface area contributed by atoms with Crippen molar-refractivity contribution >= 4 is 17.2 Å². The third-order valence-electron chi connectivity index (χ3n) is 6.55. The molecule has 3 aromatic rings. The number of halogens is 6. The molecule has 0 bridgehead atoms. The minimum absolute atomic E-state index is 0.0218. The van der Waals surface area contributed by atoms with Crippen LogP contribution < -0.4 is 15.8 Å². The van der Waals surface area contributed by atoms with E-state index in [1.54, 1.807) is 0 Å². The van der Waals surface area contributed by atoms with Crippen molar-refractivity contribution in [3.63, 3.8) is 0 Å². The molecule has 0 spiro atoms. The van der Waals surface area contributed by atoms with E-state index in [0.29, 0.717) is 0 Å². The highest BCUT2D eigenvalue weighted by atomic mass is 19.4. The van der Waals surface area contributed by atoms with Crippen LogP contribution in [0.3, 0.4) is 0 Å². The summed E-state index contributed by atoms with van der Waals surface area (Å²) in [6.45, 7) is -0.0538. The lowest BCUT2D eigenvalue weighted by molar-refractivity contribution is -0.136. The number of carbonyl (C=O) groups is 1. The smallest absolute Gasteiger partial charge is 0.418 e. The molecular weight excluding hydrogens is 508 g/mol. The maximum Gasteiger partial charge on any atom is 0.418 e. The average molecular weight is 529 g/mol. The zero-order valence-corrected chi connectivity index (χ0v) is 19.3. The molecule has 4 heterocycles. The van der Waals surface area contributed by atoms with E-state index in [2.05, 4.69) is 20.4 Å². The SMILES string of the molecule is COc1ncc(-c2cc(C(F)(F)F)c3c(N)ncnn23)cc1C(=O)NC1CN(CC2CC2(F)F)CC1F. The summed E-state index contributed by atoms with van der Waals surface area (Å²) in [4.78, 5) is 22.3. The quantitative estimate of drug-likeness (QED) is 0.473. The van der Waals surface area contributed by atoms with E-state index in [4.69, 9.17) is 10.5 Å². The lowest BCUT2D eigenvalue weighted by atomic mass is 10.1. The van der Waals surface area contributed by atoms with Crippen LogP contribution in [-0.2, 0) is 6.18 Å². The number of pyridine rings is 1. The summed E-state index contributed by atoms with van der Waals surface area (Å²) in [5, 5.41) is 6.39. The number of hydrogen-bond acceptors (Lipinski definition) is 7. The second-order valence-electron chi connectivity index (χ2n) is 9.10. The van der Waals surface area contributed by atoms with Crippen LogP contribution in [0.15, 0.2) is 24.7 Å². The summed E-state index contributed by atoms with van der Waals surface area (Å²) in [6, 6.07) is 1.07. The number of fused-ring (bicyclic) bond motifs is 1. The second-order valence-corrected chi connectivity index (χ2v) is 9.10. The number of amides is 1. The fourth-order valence-corrected chi connectivity index (χ4v) is 4.56. The van der Waals surface area contributed by atoms with Crippen LogP contribution in [0.25, 0.3) is 16.8 Å². The summed E-state index contributed by atoms with van der Waals surface area (Å²) in [5.41, 5.74) is 4.00. The Hall–Kier alpha value is -3.62. The fourth-order valence-electron chi connectivity index (χ4n) is 4.56. The van der Waals surface area contributed by atoms with Gasteiger partial charge in [0.2, 0.25) is 5.88 Å². The number of rotatable bonds is 6. The average Bonchev–Trinajstić information content (AvgIpc) is 3.12. The van der Waals surface area contributed by atoms with Gasteiger partial charge in [-0.05, 0) is 12.1 Å². The van der Waals surface area contributed by atoms with Gasteiger partial charge in [0.1, 0.15) is 23.6 Å². The molecule has 1 saturated carbocycles. The Morgan fingerprint density at radius 2 is 2.00 bits per heavy atom. The molecule has 3 aromatic heterocycles. The summed E-state index contributed by atoms with van der Waals surface area (Å²) in [7, 11) is 1.24. The van der Waals surface area contributed by atoms with Gasteiger partial charge < -0.3 is 15.8 Å². The summed E-state index contributed by atoms with van der Waals surface area (Å²) in [6.07, 6.45) is -4.32. The highest BCUT2D eigenvalue weighted by molar-refractivity contribution is 5.98. The molecule has 198 valence electrons. The van der Waals surface area contributed by atoms with Crippen LogP contribution in [0.1, 0.15) is 22.3 Å². The van der Waals surface area contributed by atoms with Crippen molar-refractivity contribution in [1.29, 1.82) is 0 Å². The monoisotopic (exact) mass is 529 g/mol. The second kappa shape index (κ2) is 8.75. The molecule has 0 radical (unpaired) electrons. The van der Waals surface area contributed by atoms with E-state index >= 15 is 0 Å². The summed E-state index contributed by atoms with van der Waals surface area (Å²) < 4.78 is 88.1. The highest BCUT2D eigenvalue weighted by Crippen LogP contribution is 2.49. The molecule has 37 heavy (non-hydrogen) atoms. The first kappa shape index (κ1) is 25.0. The number of anilines is 1. The van der Waals surface area contributed by atoms with Crippen molar-refractivity contribution in [3.05, 3.63) is 35.8 Å². The number of nitrogens with zero attached hydrogens (tertiary/aromatic N) is 5. The molecule has 0 aromatic carbocycles. The maximum absolute atomic E-state index is 14.6. The van der Waals surface area contributed by atoms with Gasteiger partial charge >= 0.3 is 6.18 Å². The number of methoxy groups -OCH3 is 1. The fraction of sp³-hybridized carbons (Fsp3) is 0.455. The van der Waals surface area contributed by atoms with Gasteiger partial charge in [-0.25, -0.2) is 27.7 Å². The van der Waals surface area contributed by atoms with Gasteiger partial charge in [-0.15, -0.1) is 0 Å². The van der Waals surface area contributed by atoms with E-state index in [0.717, 1.165) is 16.9 Å². The minimum atomic E-state index is -4.77. The minimum Gasteiger partial charge on any atom is -0.480 e. The van der Waals surface area contributed by atoms with Crippen LogP contribution in [0.5, 0.6) is 5.88 Å². The standard InChI is InChI=1S/C22H21F6N7O2/c1-37-20-12(19(36)33-15-8-34(7-14(15)23)6-11-4-21(11,24)25)2-10(5-30-20)16-3-13(22(26,27)28)17-18(29)31-9-32-35(16)17/h2-3,5,9,11,14-15H,4,6-8H2,1H3,(H,33,36)(H2,29,31,32). The van der Waals surface area contributed by atoms with Crippen LogP contribution in [-0.4, -0.2) is 75.3 Å². The van der Waals surface area contributed by atoms with Gasteiger partial charge in [-0.3, -0.25) is 9.69 Å². The van der Waals surface area contributed by atoms with Crippen molar-refractivity contribution in [1.82, 2.24) is 29.8 Å². The van der Waals surface area contributed by atoms with Gasteiger partial charge in [-0.1, -0.05) is 0 Å². The van der Waals surface area contributed by atoms with Crippen molar-refractivity contribution in [2.75, 3.05) is 32.5 Å². The molecule has 1 aliphatic heterocycles. The van der Waals surface area contributed by atoms with Crippen molar-refractivity contribution in [2.24, 2.45) is 5.92 Å². The number of alkyl halides is 6. The molecule has 2 aliphatic rings. The van der Waals surface area contributed by atoms with E-state index in [9.17, 15) is 31.1 Å². The molecule has 3 unspecified atom stereocenters. The molecule has 5 rings (SSSR count). The Balaban J connectivity index is 1.43. The molecule has 2 fully saturated rings. The van der Waals surface area contributed by atoms with Crippen LogP contribution in [0.4, 0.5) is 32.2 Å². The van der Waals surface area contributed by atoms with Crippen LogP contribution in [0.2, 0.25) is 0 Å². The molecule has 15 heteroatoms. The molecule has 9 nitrogen and oxygen atoms in total. The number of likely N-dealkylation sites (tertiary alicyclic amines) is 1. The lowest BCUT2D eigenvalue weighted by Gasteiger charge is -2.17. The highest BCUT2D eigenvalue weighted by Gasteiger charge is 2.57. The lowest BCUT2D eigenvalue weighted by Crippen LogP contribution is -2.41. The van der Waals surface area contributed by atoms with Crippen LogP contribution in [0, 0.1) is 5.92 Å². The first-order valence-corrected chi connectivity index (χ1v) is 11.2. The van der Waals surface area contributed by atoms with Gasteiger partial charge in [0.05, 0.1) is 24.4 Å². The first-order chi connectivity index (χ1) is 17.4. The molecule has 3 N–H and O–H groups in total. The number of nitrogens with one attached hydrogen (secondary N) is 1. The Bertz CT molecular complexity index is 1360. The molecule has 1 saturated heterocycles. The third kappa shape index (κ3) is 4.63. The van der Waals surface area contributed by atoms with E-state index in [1.807, 2.05) is 0 Å². The first-order valence-electron chi connectivity index (χ1n) is 11.2. The normalized spacial score (nSPS) is 23.4. The predicted octanol–water partition coefficient (Wildman–Crippen LogP) is 2.81. The number of nitrogens with two attached hydrogens (primary N) is 1. The van der Waals surface area contributed by atoms with Crippen LogP contribution >= 0.6 is 0 Å². The third-order valence-corrected chi connectivity index (χ3v) is 6.55. The van der Waals surface area contributed by atoms with Crippen molar-refractivity contribution in [3.8, 4) is 17.1 Å². The van der Waals surface area contributed by atoms with E-state index < -0.39 is 53.0 Å². The molecular formula is C22H21F6N7O2. The predicted molar refractivity (Wildman–Crippen MR) is 118 cm³/mol. The zero-order valence-electron chi connectivity index (χ0n) is 19.3. The Kier molecular flexibility index (Phi) is 5.92. The van der Waals surface area contributed by atoms with E-state index in [1.165, 1.54) is 24.3 Å². The number of ether oxygens (including phenoxy) is 1. The summed E-state index contributed by atoms with van der Waals surface area (Å²) >= 11 is 0. The van der Waals surface area contributed by atoms with Gasteiger partial charge in [-0.2, -0.15) is 18.3 Å². The summed E-state index contributed by atoms with van der Waals surface area (Å²) in [5.74, 6) is -4.89. The molecule has 3 atom stereocenters. The number of carbonyl (C=O) groups excluding carboxylic acids is 1. The van der Waals surface area contributed by atoms with Crippen molar-refractivity contribution < 1.29 is 35.9 Å².